The summed E-state index contributed by atoms with van der Waals surface area (Å²) in [7, 11) is 0. The van der Waals surface area contributed by atoms with Crippen LogP contribution in [0.25, 0.3) is 11.3 Å². The molecule has 0 fully saturated rings. The molecule has 1 aromatic heterocycles. The Morgan fingerprint density at radius 1 is 1.06 bits per heavy atom. The van der Waals surface area contributed by atoms with E-state index in [0.717, 1.165) is 17.9 Å². The number of ether oxygens (including phenoxy) is 2. The van der Waals surface area contributed by atoms with Gasteiger partial charge in [-0.05, 0) is 67.6 Å². The zero-order chi connectivity index (χ0) is 22.2. The Kier molecular flexibility index (Phi) is 10.8. The Bertz CT molecular complexity index is 986. The minimum atomic E-state index is -0.942. The minimum absolute atomic E-state index is 0. The predicted molar refractivity (Wildman–Crippen MR) is 134 cm³/mol. The van der Waals surface area contributed by atoms with E-state index >= 15 is 0 Å². The van der Waals surface area contributed by atoms with Crippen molar-refractivity contribution in [2.24, 2.45) is 0 Å². The van der Waals surface area contributed by atoms with Crippen molar-refractivity contribution < 1.29 is 19.4 Å². The first-order valence-corrected chi connectivity index (χ1v) is 11.6. The van der Waals surface area contributed by atoms with Gasteiger partial charge in [-0.3, -0.25) is 0 Å². The van der Waals surface area contributed by atoms with Crippen molar-refractivity contribution in [3.05, 3.63) is 71.9 Å². The molecule has 170 valence electrons. The second-order valence-corrected chi connectivity index (χ2v) is 8.10. The van der Waals surface area contributed by atoms with Gasteiger partial charge in [-0.15, -0.1) is 11.8 Å². The SMILES string of the molecule is CCO[C@@H](Cc1ccc(OCCn2c(C)ccc2-c2ccc(SC)cc2)cc1)C(=O)O.[PbH2]. The van der Waals surface area contributed by atoms with Gasteiger partial charge in [0, 0.05) is 29.3 Å². The third-order valence-corrected chi connectivity index (χ3v) is 5.90. The van der Waals surface area contributed by atoms with Crippen LogP contribution in [0.5, 0.6) is 5.75 Å². The van der Waals surface area contributed by atoms with E-state index in [0.29, 0.717) is 19.6 Å². The van der Waals surface area contributed by atoms with Crippen molar-refractivity contribution in [3.63, 3.8) is 0 Å². The van der Waals surface area contributed by atoms with Crippen LogP contribution in [0.15, 0.2) is 65.6 Å². The maximum absolute atomic E-state index is 11.3. The van der Waals surface area contributed by atoms with Crippen LogP contribution in [0.3, 0.4) is 0 Å². The van der Waals surface area contributed by atoms with Gasteiger partial charge in [0.25, 0.3) is 0 Å². The Morgan fingerprint density at radius 3 is 2.34 bits per heavy atom. The summed E-state index contributed by atoms with van der Waals surface area (Å²) in [5.74, 6) is -0.175. The fraction of sp³-hybridized carbons (Fsp3) is 0.320. The normalized spacial score (nSPS) is 11.6. The molecule has 0 aliphatic rings. The van der Waals surface area contributed by atoms with Gasteiger partial charge in [0.2, 0.25) is 0 Å². The van der Waals surface area contributed by atoms with Crippen LogP contribution in [0.1, 0.15) is 18.2 Å². The number of aryl methyl sites for hydroxylation is 1. The summed E-state index contributed by atoms with van der Waals surface area (Å²) in [6, 6.07) is 20.4. The number of hydrogen-bond donors (Lipinski definition) is 1. The standard InChI is InChI=1S/C25H29NO4S.Pb.2H/c1-4-29-24(25(27)28)17-19-6-10-21(11-7-19)30-16-15-26-18(2)5-14-23(26)20-8-12-22(31-3)13-9-20;;;/h5-14,24H,4,15-17H2,1-3H3,(H,27,28);;;/t24-;;;/m0.../s1. The van der Waals surface area contributed by atoms with E-state index in [9.17, 15) is 9.90 Å². The molecule has 3 rings (SSSR count). The number of nitrogens with zero attached hydrogens (tertiary/aromatic N) is 1. The zero-order valence-electron chi connectivity index (χ0n) is 18.9. The van der Waals surface area contributed by atoms with E-state index in [1.807, 2.05) is 24.3 Å². The molecule has 0 amide bonds. The van der Waals surface area contributed by atoms with Gasteiger partial charge >= 0.3 is 33.3 Å². The van der Waals surface area contributed by atoms with E-state index in [2.05, 4.69) is 54.1 Å². The topological polar surface area (TPSA) is 60.7 Å². The van der Waals surface area contributed by atoms with Gasteiger partial charge in [0.1, 0.15) is 12.4 Å². The fourth-order valence-corrected chi connectivity index (χ4v) is 3.90. The Hall–Kier alpha value is -1.78. The second-order valence-electron chi connectivity index (χ2n) is 7.22. The van der Waals surface area contributed by atoms with Gasteiger partial charge in [-0.25, -0.2) is 4.79 Å². The van der Waals surface area contributed by atoms with Crippen molar-refractivity contribution in [2.45, 2.75) is 37.8 Å². The summed E-state index contributed by atoms with van der Waals surface area (Å²) >= 11 is 1.74. The van der Waals surface area contributed by atoms with Crippen LogP contribution in [0.4, 0.5) is 0 Å². The molecule has 0 aliphatic heterocycles. The van der Waals surface area contributed by atoms with Crippen LogP contribution in [0.2, 0.25) is 0 Å². The quantitative estimate of drug-likeness (QED) is 0.247. The summed E-state index contributed by atoms with van der Waals surface area (Å²) in [6.07, 6.45) is 1.59. The van der Waals surface area contributed by atoms with Gasteiger partial charge in [0.05, 0.1) is 6.54 Å². The van der Waals surface area contributed by atoms with E-state index in [1.165, 1.54) is 21.8 Å². The van der Waals surface area contributed by atoms with Gasteiger partial charge in [0.15, 0.2) is 6.10 Å². The molecule has 3 aromatic rings. The van der Waals surface area contributed by atoms with Crippen molar-refractivity contribution in [1.29, 1.82) is 0 Å². The van der Waals surface area contributed by atoms with E-state index in [-0.39, 0.29) is 27.3 Å². The molecule has 7 heteroatoms. The average molecular weight is 649 g/mol. The summed E-state index contributed by atoms with van der Waals surface area (Å²) in [5.41, 5.74) is 4.47. The van der Waals surface area contributed by atoms with E-state index in [1.54, 1.807) is 18.7 Å². The first kappa shape index (κ1) is 26.5. The summed E-state index contributed by atoms with van der Waals surface area (Å²) in [5, 5.41) is 9.23. The Balaban J connectivity index is 0.00000363. The van der Waals surface area contributed by atoms with Crippen LogP contribution >= 0.6 is 11.8 Å². The fourth-order valence-electron chi connectivity index (χ4n) is 3.49. The number of rotatable bonds is 11. The molecule has 0 aliphatic carbocycles. The number of benzene rings is 2. The first-order chi connectivity index (χ1) is 15.0. The molecule has 32 heavy (non-hydrogen) atoms. The number of carboxylic acids is 1. The molecule has 0 saturated carbocycles. The van der Waals surface area contributed by atoms with Crippen molar-refractivity contribution in [3.8, 4) is 17.0 Å². The van der Waals surface area contributed by atoms with Crippen LogP contribution in [-0.4, -0.2) is 68.5 Å². The molecule has 2 aromatic carbocycles. The first-order valence-electron chi connectivity index (χ1n) is 10.4. The molecular formula is C25H31NO4PbS. The molecule has 1 atom stereocenters. The third-order valence-electron chi connectivity index (χ3n) is 5.16. The summed E-state index contributed by atoms with van der Waals surface area (Å²) < 4.78 is 13.5. The summed E-state index contributed by atoms with van der Waals surface area (Å²) in [4.78, 5) is 12.5. The molecule has 0 spiro atoms. The van der Waals surface area contributed by atoms with Crippen LogP contribution in [-0.2, 0) is 22.5 Å². The second kappa shape index (κ2) is 13.1. The molecule has 5 nitrogen and oxygen atoms in total. The van der Waals surface area contributed by atoms with Gasteiger partial charge in [-0.2, -0.15) is 0 Å². The van der Waals surface area contributed by atoms with Crippen LogP contribution in [0, 0.1) is 6.92 Å². The van der Waals surface area contributed by atoms with Crippen molar-refractivity contribution >= 4 is 45.0 Å². The van der Waals surface area contributed by atoms with Crippen LogP contribution < -0.4 is 4.74 Å². The van der Waals surface area contributed by atoms with Crippen molar-refractivity contribution in [2.75, 3.05) is 19.5 Å². The number of aliphatic carboxylic acids is 1. The molecular weight excluding hydrogens is 618 g/mol. The third kappa shape index (κ3) is 7.11. The van der Waals surface area contributed by atoms with Gasteiger partial charge in [-0.1, -0.05) is 24.3 Å². The maximum atomic E-state index is 11.3. The Labute approximate surface area is 214 Å². The zero-order valence-corrected chi connectivity index (χ0v) is 25.2. The van der Waals surface area contributed by atoms with Crippen molar-refractivity contribution in [1.82, 2.24) is 4.57 Å². The molecule has 0 saturated heterocycles. The molecule has 0 unspecified atom stereocenters. The van der Waals surface area contributed by atoms with Gasteiger partial charge < -0.3 is 19.1 Å². The predicted octanol–water partition coefficient (Wildman–Crippen LogP) is 4.38. The average Bonchev–Trinajstić information content (AvgIpc) is 3.15. The number of carboxylic acid groups (broad SMARTS) is 1. The Morgan fingerprint density at radius 2 is 1.75 bits per heavy atom. The number of hydrogen-bond acceptors (Lipinski definition) is 4. The molecule has 1 heterocycles. The molecule has 2 radical (unpaired) electrons. The number of carbonyl (C=O) groups is 1. The summed E-state index contributed by atoms with van der Waals surface area (Å²) in [6.45, 7) is 5.56. The monoisotopic (exact) mass is 649 g/mol. The molecule has 0 bridgehead atoms. The van der Waals surface area contributed by atoms with E-state index < -0.39 is 12.1 Å². The van der Waals surface area contributed by atoms with E-state index in [4.69, 9.17) is 9.47 Å². The molecule has 1 N–H and O–H groups in total. The number of thioether (sulfide) groups is 1. The number of aromatic nitrogens is 1.